The first-order valence-corrected chi connectivity index (χ1v) is 9.30. The van der Waals surface area contributed by atoms with Crippen molar-refractivity contribution in [2.45, 2.75) is 13.3 Å². The minimum Gasteiger partial charge on any atom is -0.461 e. The van der Waals surface area contributed by atoms with Crippen molar-refractivity contribution in [1.29, 1.82) is 0 Å². The maximum Gasteiger partial charge on any atom is 0.255 e. The molecule has 0 bridgehead atoms. The van der Waals surface area contributed by atoms with Crippen LogP contribution in [0.5, 0.6) is 0 Å². The molecule has 0 saturated carbocycles. The quantitative estimate of drug-likeness (QED) is 0.483. The normalized spacial score (nSPS) is 11.3. The van der Waals surface area contributed by atoms with Crippen molar-refractivity contribution < 1.29 is 9.21 Å². The molecule has 8 nitrogen and oxygen atoms in total. The molecule has 0 atom stereocenters. The molecule has 0 radical (unpaired) electrons. The summed E-state index contributed by atoms with van der Waals surface area (Å²) in [6.45, 7) is 2.50. The molecule has 5 rings (SSSR count). The molecule has 2 N–H and O–H groups in total. The van der Waals surface area contributed by atoms with Crippen LogP contribution >= 0.6 is 0 Å². The van der Waals surface area contributed by atoms with Crippen molar-refractivity contribution in [1.82, 2.24) is 29.9 Å². The molecule has 1 aromatic carbocycles. The summed E-state index contributed by atoms with van der Waals surface area (Å²) < 4.78 is 7.14. The lowest BCUT2D eigenvalue weighted by molar-refractivity contribution is 0.0955. The van der Waals surface area contributed by atoms with E-state index < -0.39 is 0 Å². The van der Waals surface area contributed by atoms with Crippen LogP contribution in [-0.4, -0.2) is 37.0 Å². The number of benzene rings is 1. The Hall–Kier alpha value is -3.94. The van der Waals surface area contributed by atoms with Gasteiger partial charge < -0.3 is 14.7 Å². The van der Waals surface area contributed by atoms with Gasteiger partial charge in [0.1, 0.15) is 5.82 Å². The number of pyridine rings is 1. The van der Waals surface area contributed by atoms with Crippen molar-refractivity contribution in [3.05, 3.63) is 71.9 Å². The van der Waals surface area contributed by atoms with Gasteiger partial charge in [0.15, 0.2) is 11.4 Å². The standard InChI is InChI=1S/C21H18N6O2/c1-13-6-7-15-16(12-13)24-18(23-15)8-9-22-21(28)14-4-2-10-27-19(14)25-26-20(27)17-5-3-11-29-17/h2-7,10-12H,8-9H2,1H3,(H,22,28)(H,23,24). The van der Waals surface area contributed by atoms with E-state index in [-0.39, 0.29) is 5.91 Å². The van der Waals surface area contributed by atoms with E-state index in [0.29, 0.717) is 35.8 Å². The number of nitrogens with one attached hydrogen (secondary N) is 2. The van der Waals surface area contributed by atoms with Gasteiger partial charge in [-0.3, -0.25) is 9.20 Å². The van der Waals surface area contributed by atoms with Crippen LogP contribution in [0.4, 0.5) is 0 Å². The highest BCUT2D eigenvalue weighted by Gasteiger charge is 2.17. The lowest BCUT2D eigenvalue weighted by atomic mass is 10.2. The highest BCUT2D eigenvalue weighted by molar-refractivity contribution is 5.99. The summed E-state index contributed by atoms with van der Waals surface area (Å²) in [5, 5.41) is 11.3. The molecule has 29 heavy (non-hydrogen) atoms. The number of hydrogen-bond donors (Lipinski definition) is 2. The Morgan fingerprint density at radius 1 is 1.21 bits per heavy atom. The number of nitrogens with zero attached hydrogens (tertiary/aromatic N) is 4. The fraction of sp³-hybridized carbons (Fsp3) is 0.143. The van der Waals surface area contributed by atoms with Gasteiger partial charge in [0.25, 0.3) is 5.91 Å². The Morgan fingerprint density at radius 2 is 2.14 bits per heavy atom. The molecule has 0 fully saturated rings. The number of furan rings is 1. The second-order valence-corrected chi connectivity index (χ2v) is 6.83. The lowest BCUT2D eigenvalue weighted by Crippen LogP contribution is -2.26. The van der Waals surface area contributed by atoms with E-state index in [9.17, 15) is 4.79 Å². The third-order valence-corrected chi connectivity index (χ3v) is 4.75. The van der Waals surface area contributed by atoms with Gasteiger partial charge in [-0.1, -0.05) is 6.07 Å². The number of carbonyl (C=O) groups is 1. The summed E-state index contributed by atoms with van der Waals surface area (Å²) in [7, 11) is 0. The minimum atomic E-state index is -0.207. The molecular formula is C21H18N6O2. The smallest absolute Gasteiger partial charge is 0.255 e. The summed E-state index contributed by atoms with van der Waals surface area (Å²) in [5.74, 6) is 1.78. The van der Waals surface area contributed by atoms with Crippen LogP contribution in [0.3, 0.4) is 0 Å². The zero-order valence-corrected chi connectivity index (χ0v) is 15.7. The van der Waals surface area contributed by atoms with Crippen LogP contribution in [0, 0.1) is 6.92 Å². The molecular weight excluding hydrogens is 368 g/mol. The molecule has 0 aliphatic carbocycles. The van der Waals surface area contributed by atoms with Gasteiger partial charge >= 0.3 is 0 Å². The molecule has 5 aromatic rings. The maximum atomic E-state index is 12.7. The zero-order valence-electron chi connectivity index (χ0n) is 15.7. The average Bonchev–Trinajstić information content (AvgIpc) is 3.45. The van der Waals surface area contributed by atoms with E-state index in [4.69, 9.17) is 4.42 Å². The van der Waals surface area contributed by atoms with Gasteiger partial charge in [0.05, 0.1) is 22.9 Å². The Bertz CT molecular complexity index is 1320. The van der Waals surface area contributed by atoms with Crippen LogP contribution in [-0.2, 0) is 6.42 Å². The average molecular weight is 386 g/mol. The van der Waals surface area contributed by atoms with Crippen LogP contribution in [0.25, 0.3) is 28.3 Å². The predicted octanol–water partition coefficient (Wildman–Crippen LogP) is 3.15. The second-order valence-electron chi connectivity index (χ2n) is 6.83. The van der Waals surface area contributed by atoms with E-state index in [1.54, 1.807) is 41.1 Å². The first-order valence-electron chi connectivity index (χ1n) is 9.30. The van der Waals surface area contributed by atoms with Gasteiger partial charge in [-0.05, 0) is 48.9 Å². The van der Waals surface area contributed by atoms with Crippen LogP contribution in [0.2, 0.25) is 0 Å². The number of aromatic nitrogens is 5. The molecule has 144 valence electrons. The first-order chi connectivity index (χ1) is 14.2. The number of H-pyrrole nitrogens is 1. The van der Waals surface area contributed by atoms with Gasteiger partial charge in [-0.25, -0.2) is 4.98 Å². The third-order valence-electron chi connectivity index (χ3n) is 4.75. The summed E-state index contributed by atoms with van der Waals surface area (Å²) in [5.41, 5.74) is 4.05. The number of carbonyl (C=O) groups excluding carboxylic acids is 1. The number of amides is 1. The molecule has 1 amide bonds. The fourth-order valence-corrected chi connectivity index (χ4v) is 3.35. The van der Waals surface area contributed by atoms with E-state index in [2.05, 4.69) is 31.5 Å². The molecule has 8 heteroatoms. The number of imidazole rings is 1. The van der Waals surface area contributed by atoms with Gasteiger partial charge in [0.2, 0.25) is 5.82 Å². The Labute approximate surface area is 165 Å². The second kappa shape index (κ2) is 6.90. The Balaban J connectivity index is 1.32. The number of hydrogen-bond acceptors (Lipinski definition) is 5. The Morgan fingerprint density at radius 3 is 3.00 bits per heavy atom. The van der Waals surface area contributed by atoms with Crippen molar-refractivity contribution in [2.75, 3.05) is 6.54 Å². The Kier molecular flexibility index (Phi) is 4.09. The molecule has 0 aliphatic rings. The van der Waals surface area contributed by atoms with E-state index >= 15 is 0 Å². The summed E-state index contributed by atoms with van der Waals surface area (Å²) in [6, 6.07) is 13.2. The number of rotatable bonds is 5. The van der Waals surface area contributed by atoms with E-state index in [0.717, 1.165) is 16.9 Å². The van der Waals surface area contributed by atoms with Crippen molar-refractivity contribution in [3.8, 4) is 11.6 Å². The highest BCUT2D eigenvalue weighted by atomic mass is 16.3. The largest absolute Gasteiger partial charge is 0.461 e. The first kappa shape index (κ1) is 17.2. The SMILES string of the molecule is Cc1ccc2nc(CCNC(=O)c3cccn4c(-c5ccco5)nnc34)[nH]c2c1. The number of aromatic amines is 1. The van der Waals surface area contributed by atoms with Crippen LogP contribution in [0.1, 0.15) is 21.7 Å². The summed E-state index contributed by atoms with van der Waals surface area (Å²) in [6.07, 6.45) is 3.99. The topological polar surface area (TPSA) is 101 Å². The van der Waals surface area contributed by atoms with Crippen molar-refractivity contribution in [2.24, 2.45) is 0 Å². The fourth-order valence-electron chi connectivity index (χ4n) is 3.35. The molecule has 0 saturated heterocycles. The molecule has 0 aliphatic heterocycles. The number of fused-ring (bicyclic) bond motifs is 2. The minimum absolute atomic E-state index is 0.207. The highest BCUT2D eigenvalue weighted by Crippen LogP contribution is 2.20. The van der Waals surface area contributed by atoms with Gasteiger partial charge in [-0.15, -0.1) is 10.2 Å². The summed E-state index contributed by atoms with van der Waals surface area (Å²) >= 11 is 0. The zero-order chi connectivity index (χ0) is 19.8. The van der Waals surface area contributed by atoms with Crippen LogP contribution in [0.15, 0.2) is 59.3 Å². The third kappa shape index (κ3) is 3.14. The molecule has 0 spiro atoms. The maximum absolute atomic E-state index is 12.7. The number of aryl methyl sites for hydroxylation is 1. The molecule has 4 heterocycles. The predicted molar refractivity (Wildman–Crippen MR) is 108 cm³/mol. The monoisotopic (exact) mass is 386 g/mol. The van der Waals surface area contributed by atoms with Gasteiger partial charge in [-0.2, -0.15) is 0 Å². The van der Waals surface area contributed by atoms with Crippen molar-refractivity contribution >= 4 is 22.6 Å². The molecule has 0 unspecified atom stereocenters. The van der Waals surface area contributed by atoms with Crippen LogP contribution < -0.4 is 5.32 Å². The van der Waals surface area contributed by atoms with Crippen molar-refractivity contribution in [3.63, 3.8) is 0 Å². The van der Waals surface area contributed by atoms with E-state index in [1.165, 1.54) is 5.56 Å². The van der Waals surface area contributed by atoms with Gasteiger partial charge in [0, 0.05) is 19.2 Å². The summed E-state index contributed by atoms with van der Waals surface area (Å²) in [4.78, 5) is 20.6. The lowest BCUT2D eigenvalue weighted by Gasteiger charge is -2.05. The molecule has 4 aromatic heterocycles. The van der Waals surface area contributed by atoms with E-state index in [1.807, 2.05) is 19.1 Å².